The summed E-state index contributed by atoms with van der Waals surface area (Å²) in [7, 11) is 0. The molecule has 2 atom stereocenters. The summed E-state index contributed by atoms with van der Waals surface area (Å²) in [5, 5.41) is 10.7. The normalized spacial score (nSPS) is 32.4. The Morgan fingerprint density at radius 1 is 1.11 bits per heavy atom. The molecular weight excluding hydrogens is 224 g/mol. The number of hydrogen-bond donors (Lipinski definition) is 1. The van der Waals surface area contributed by atoms with Crippen molar-refractivity contribution in [2.45, 2.75) is 64.3 Å². The summed E-state index contributed by atoms with van der Waals surface area (Å²) in [6.45, 7) is 6.24. The maximum atomic E-state index is 10.7. The molecule has 100 valence electrons. The minimum Gasteiger partial charge on any atom is -0.389 e. The molecule has 0 radical (unpaired) electrons. The fourth-order valence-electron chi connectivity index (χ4n) is 3.06. The molecule has 2 unspecified atom stereocenters. The van der Waals surface area contributed by atoms with Gasteiger partial charge < -0.3 is 9.84 Å². The van der Waals surface area contributed by atoms with E-state index in [1.54, 1.807) is 0 Å². The number of hydrogen-bond acceptors (Lipinski definition) is 2. The molecule has 0 saturated carbocycles. The predicted molar refractivity (Wildman–Crippen MR) is 73.7 cm³/mol. The molecule has 2 heteroatoms. The largest absolute Gasteiger partial charge is 0.389 e. The Balaban J connectivity index is 2.06. The molecule has 1 aliphatic rings. The third kappa shape index (κ3) is 3.33. The average molecular weight is 248 g/mol. The minimum atomic E-state index is -0.606. The first-order valence-corrected chi connectivity index (χ1v) is 6.96. The standard InChI is InChI=1S/C16H24O2/c1-4-14-5-7-15(8-6-14)11-16(17)9-12(2)18-13(3)10-16/h5-8,12-13,17H,4,9-11H2,1-3H3. The molecule has 1 heterocycles. The fraction of sp³-hybridized carbons (Fsp3) is 0.625. The van der Waals surface area contributed by atoms with Gasteiger partial charge in [-0.15, -0.1) is 0 Å². The van der Waals surface area contributed by atoms with Crippen LogP contribution in [0, 0.1) is 0 Å². The van der Waals surface area contributed by atoms with E-state index in [1.807, 2.05) is 13.8 Å². The number of rotatable bonds is 3. The van der Waals surface area contributed by atoms with Gasteiger partial charge in [0.2, 0.25) is 0 Å². The van der Waals surface area contributed by atoms with Gasteiger partial charge in [0, 0.05) is 19.3 Å². The van der Waals surface area contributed by atoms with Crippen molar-refractivity contribution in [3.05, 3.63) is 35.4 Å². The van der Waals surface area contributed by atoms with E-state index in [1.165, 1.54) is 11.1 Å². The highest BCUT2D eigenvalue weighted by Gasteiger charge is 2.36. The van der Waals surface area contributed by atoms with Gasteiger partial charge in [0.15, 0.2) is 0 Å². The van der Waals surface area contributed by atoms with Gasteiger partial charge in [0.25, 0.3) is 0 Å². The van der Waals surface area contributed by atoms with Crippen LogP contribution in [0.15, 0.2) is 24.3 Å². The van der Waals surface area contributed by atoms with Crippen molar-refractivity contribution in [2.24, 2.45) is 0 Å². The van der Waals surface area contributed by atoms with Gasteiger partial charge in [-0.25, -0.2) is 0 Å². The molecule has 1 aromatic carbocycles. The van der Waals surface area contributed by atoms with Crippen LogP contribution in [0.4, 0.5) is 0 Å². The van der Waals surface area contributed by atoms with Crippen LogP contribution in [0.5, 0.6) is 0 Å². The summed E-state index contributed by atoms with van der Waals surface area (Å²) in [5.41, 5.74) is 1.96. The van der Waals surface area contributed by atoms with Gasteiger partial charge in [0.1, 0.15) is 0 Å². The lowest BCUT2D eigenvalue weighted by Gasteiger charge is -2.39. The first-order valence-electron chi connectivity index (χ1n) is 6.96. The van der Waals surface area contributed by atoms with Crippen LogP contribution in [0.3, 0.4) is 0 Å². The van der Waals surface area contributed by atoms with Crippen molar-refractivity contribution in [1.29, 1.82) is 0 Å². The van der Waals surface area contributed by atoms with Crippen LogP contribution in [-0.2, 0) is 17.6 Å². The van der Waals surface area contributed by atoms with Gasteiger partial charge in [-0.3, -0.25) is 0 Å². The molecule has 1 aromatic rings. The second-order valence-corrected chi connectivity index (χ2v) is 5.74. The van der Waals surface area contributed by atoms with Crippen LogP contribution in [0.2, 0.25) is 0 Å². The monoisotopic (exact) mass is 248 g/mol. The van der Waals surface area contributed by atoms with Crippen molar-refractivity contribution in [1.82, 2.24) is 0 Å². The molecular formula is C16H24O2. The van der Waals surface area contributed by atoms with E-state index >= 15 is 0 Å². The minimum absolute atomic E-state index is 0.147. The molecule has 1 fully saturated rings. The smallest absolute Gasteiger partial charge is 0.0737 e. The van der Waals surface area contributed by atoms with Crippen molar-refractivity contribution >= 4 is 0 Å². The summed E-state index contributed by atoms with van der Waals surface area (Å²) in [6, 6.07) is 8.60. The van der Waals surface area contributed by atoms with E-state index in [0.717, 1.165) is 25.7 Å². The van der Waals surface area contributed by atoms with Crippen LogP contribution in [0.1, 0.15) is 44.7 Å². The molecule has 0 amide bonds. The Labute approximate surface area is 110 Å². The Bertz CT molecular complexity index is 373. The van der Waals surface area contributed by atoms with Gasteiger partial charge >= 0.3 is 0 Å². The summed E-state index contributed by atoms with van der Waals surface area (Å²) in [4.78, 5) is 0. The fourth-order valence-corrected chi connectivity index (χ4v) is 3.06. The average Bonchev–Trinajstić information content (AvgIpc) is 2.27. The zero-order valence-corrected chi connectivity index (χ0v) is 11.6. The highest BCUT2D eigenvalue weighted by atomic mass is 16.5. The molecule has 0 spiro atoms. The second kappa shape index (κ2) is 5.41. The van der Waals surface area contributed by atoms with E-state index in [-0.39, 0.29) is 12.2 Å². The van der Waals surface area contributed by atoms with E-state index in [2.05, 4.69) is 31.2 Å². The molecule has 0 aliphatic carbocycles. The van der Waals surface area contributed by atoms with Crippen LogP contribution in [-0.4, -0.2) is 22.9 Å². The summed E-state index contributed by atoms with van der Waals surface area (Å²) in [6.07, 6.45) is 3.55. The SMILES string of the molecule is CCc1ccc(CC2(O)CC(C)OC(C)C2)cc1. The Morgan fingerprint density at radius 2 is 1.61 bits per heavy atom. The number of benzene rings is 1. The maximum Gasteiger partial charge on any atom is 0.0737 e. The van der Waals surface area contributed by atoms with Crippen molar-refractivity contribution in [2.75, 3.05) is 0 Å². The zero-order chi connectivity index (χ0) is 13.2. The third-order valence-corrected chi connectivity index (χ3v) is 3.76. The quantitative estimate of drug-likeness (QED) is 0.890. The lowest BCUT2D eigenvalue weighted by Crippen LogP contribution is -2.44. The molecule has 1 N–H and O–H groups in total. The lowest BCUT2D eigenvalue weighted by atomic mass is 9.82. The molecule has 2 rings (SSSR count). The van der Waals surface area contributed by atoms with Crippen LogP contribution >= 0.6 is 0 Å². The topological polar surface area (TPSA) is 29.5 Å². The van der Waals surface area contributed by atoms with E-state index in [9.17, 15) is 5.11 Å². The molecule has 0 bridgehead atoms. The molecule has 2 nitrogen and oxygen atoms in total. The summed E-state index contributed by atoms with van der Waals surface area (Å²) in [5.74, 6) is 0. The number of aliphatic hydroxyl groups is 1. The highest BCUT2D eigenvalue weighted by molar-refractivity contribution is 5.24. The highest BCUT2D eigenvalue weighted by Crippen LogP contribution is 2.31. The summed E-state index contributed by atoms with van der Waals surface area (Å²) >= 11 is 0. The van der Waals surface area contributed by atoms with Gasteiger partial charge in [0.05, 0.1) is 17.8 Å². The molecule has 0 aromatic heterocycles. The first-order chi connectivity index (χ1) is 8.50. The predicted octanol–water partition coefficient (Wildman–Crippen LogP) is 3.11. The van der Waals surface area contributed by atoms with Gasteiger partial charge in [-0.2, -0.15) is 0 Å². The number of aryl methyl sites for hydroxylation is 1. The van der Waals surface area contributed by atoms with E-state index < -0.39 is 5.60 Å². The molecule has 1 saturated heterocycles. The van der Waals surface area contributed by atoms with Crippen molar-refractivity contribution in [3.63, 3.8) is 0 Å². The Kier molecular flexibility index (Phi) is 4.08. The maximum absolute atomic E-state index is 10.7. The number of ether oxygens (including phenoxy) is 1. The lowest BCUT2D eigenvalue weighted by molar-refractivity contribution is -0.130. The molecule has 18 heavy (non-hydrogen) atoms. The first kappa shape index (κ1) is 13.6. The molecule has 1 aliphatic heterocycles. The second-order valence-electron chi connectivity index (χ2n) is 5.74. The van der Waals surface area contributed by atoms with Crippen LogP contribution < -0.4 is 0 Å². The Morgan fingerprint density at radius 3 is 2.11 bits per heavy atom. The Hall–Kier alpha value is -0.860. The van der Waals surface area contributed by atoms with Gasteiger partial charge in [-0.1, -0.05) is 31.2 Å². The van der Waals surface area contributed by atoms with E-state index in [0.29, 0.717) is 0 Å². The summed E-state index contributed by atoms with van der Waals surface area (Å²) < 4.78 is 5.70. The van der Waals surface area contributed by atoms with Crippen LogP contribution in [0.25, 0.3) is 0 Å². The van der Waals surface area contributed by atoms with Crippen molar-refractivity contribution < 1.29 is 9.84 Å². The zero-order valence-electron chi connectivity index (χ0n) is 11.6. The van der Waals surface area contributed by atoms with Crippen molar-refractivity contribution in [3.8, 4) is 0 Å². The third-order valence-electron chi connectivity index (χ3n) is 3.76. The van der Waals surface area contributed by atoms with E-state index in [4.69, 9.17) is 4.74 Å². The van der Waals surface area contributed by atoms with Gasteiger partial charge in [-0.05, 0) is 31.4 Å².